The zero-order chi connectivity index (χ0) is 14.8. The minimum atomic E-state index is -0.810. The van der Waals surface area contributed by atoms with E-state index in [1.165, 1.54) is 4.68 Å². The van der Waals surface area contributed by atoms with Crippen LogP contribution in [0.15, 0.2) is 17.1 Å². The molecule has 1 N–H and O–H groups in total. The van der Waals surface area contributed by atoms with Crippen molar-refractivity contribution >= 4 is 11.7 Å². The third-order valence-corrected chi connectivity index (χ3v) is 3.82. The van der Waals surface area contributed by atoms with Crippen LogP contribution in [0.5, 0.6) is 0 Å². The molecule has 0 amide bonds. The lowest BCUT2D eigenvalue weighted by Gasteiger charge is -2.19. The maximum atomic E-state index is 12.1. The van der Waals surface area contributed by atoms with E-state index in [2.05, 4.69) is 12.0 Å². The highest BCUT2D eigenvalue weighted by molar-refractivity contribution is 5.68. The van der Waals surface area contributed by atoms with E-state index in [0.717, 1.165) is 31.5 Å². The van der Waals surface area contributed by atoms with Gasteiger partial charge in [-0.2, -0.15) is 5.10 Å². The van der Waals surface area contributed by atoms with E-state index in [9.17, 15) is 9.59 Å². The Morgan fingerprint density at radius 1 is 1.55 bits per heavy atom. The van der Waals surface area contributed by atoms with E-state index in [0.29, 0.717) is 6.54 Å². The van der Waals surface area contributed by atoms with E-state index in [1.807, 2.05) is 11.9 Å². The average Bonchev–Trinajstić information content (AvgIpc) is 3.11. The van der Waals surface area contributed by atoms with Crippen molar-refractivity contribution in [3.63, 3.8) is 0 Å². The minimum Gasteiger partial charge on any atom is -0.481 e. The van der Waals surface area contributed by atoms with Crippen molar-refractivity contribution in [3.8, 4) is 0 Å². The first-order chi connectivity index (χ1) is 9.46. The summed E-state index contributed by atoms with van der Waals surface area (Å²) in [5.74, 6) is -0.810. The fourth-order valence-electron chi connectivity index (χ4n) is 2.42. The molecule has 6 heteroatoms. The Morgan fingerprint density at radius 2 is 2.25 bits per heavy atom. The van der Waals surface area contributed by atoms with E-state index in [4.69, 9.17) is 5.11 Å². The number of hydrogen-bond donors (Lipinski definition) is 1. The predicted molar refractivity (Wildman–Crippen MR) is 76.0 cm³/mol. The van der Waals surface area contributed by atoms with Crippen LogP contribution in [0.25, 0.3) is 0 Å². The molecule has 1 heterocycles. The van der Waals surface area contributed by atoms with Gasteiger partial charge in [-0.05, 0) is 19.3 Å². The van der Waals surface area contributed by atoms with Crippen LogP contribution in [0.3, 0.4) is 0 Å². The van der Waals surface area contributed by atoms with Gasteiger partial charge in [0.05, 0.1) is 24.8 Å². The number of carbonyl (C=O) groups is 1. The van der Waals surface area contributed by atoms with Crippen molar-refractivity contribution in [1.82, 2.24) is 9.78 Å². The maximum absolute atomic E-state index is 12.1. The summed E-state index contributed by atoms with van der Waals surface area (Å²) in [5, 5.41) is 13.1. The molecule has 0 atom stereocenters. The summed E-state index contributed by atoms with van der Waals surface area (Å²) < 4.78 is 1.39. The molecule has 1 fully saturated rings. The number of carboxylic acids is 1. The Kier molecular flexibility index (Phi) is 4.11. The van der Waals surface area contributed by atoms with Gasteiger partial charge in [0.15, 0.2) is 0 Å². The summed E-state index contributed by atoms with van der Waals surface area (Å²) >= 11 is 0. The van der Waals surface area contributed by atoms with Crippen LogP contribution in [0.2, 0.25) is 0 Å². The van der Waals surface area contributed by atoms with Crippen molar-refractivity contribution < 1.29 is 9.90 Å². The molecule has 6 nitrogen and oxygen atoms in total. The van der Waals surface area contributed by atoms with Gasteiger partial charge in [-0.15, -0.1) is 0 Å². The second-order valence-corrected chi connectivity index (χ2v) is 5.70. The molecule has 1 aromatic rings. The maximum Gasteiger partial charge on any atom is 0.303 e. The summed E-state index contributed by atoms with van der Waals surface area (Å²) in [6.07, 6.45) is 4.49. The summed E-state index contributed by atoms with van der Waals surface area (Å²) in [7, 11) is 1.93. The number of rotatable bonds is 7. The Balaban J connectivity index is 2.11. The van der Waals surface area contributed by atoms with Gasteiger partial charge in [0, 0.05) is 25.1 Å². The predicted octanol–water partition coefficient (Wildman–Crippen LogP) is 1.34. The standard InChI is InChI=1S/C14H21N3O3/c1-3-6-16(2)11-7-12(18)17(15-9-11)10-14(4-5-14)8-13(19)20/h7,9H,3-6,8,10H2,1-2H3,(H,19,20). The first-order valence-corrected chi connectivity index (χ1v) is 6.96. The zero-order valence-corrected chi connectivity index (χ0v) is 12.0. The molecule has 0 aliphatic heterocycles. The first kappa shape index (κ1) is 14.6. The molecular weight excluding hydrogens is 258 g/mol. The molecule has 0 spiro atoms. The Bertz CT molecular complexity index is 549. The van der Waals surface area contributed by atoms with Gasteiger partial charge in [-0.3, -0.25) is 9.59 Å². The molecule has 1 aliphatic carbocycles. The summed E-state index contributed by atoms with van der Waals surface area (Å²) in [5.41, 5.74) is 0.373. The smallest absolute Gasteiger partial charge is 0.303 e. The van der Waals surface area contributed by atoms with E-state index >= 15 is 0 Å². The first-order valence-electron chi connectivity index (χ1n) is 6.96. The summed E-state index contributed by atoms with van der Waals surface area (Å²) in [4.78, 5) is 24.9. The van der Waals surface area contributed by atoms with Crippen molar-refractivity contribution in [2.24, 2.45) is 5.41 Å². The van der Waals surface area contributed by atoms with E-state index < -0.39 is 5.97 Å². The minimum absolute atomic E-state index is 0.110. The highest BCUT2D eigenvalue weighted by atomic mass is 16.4. The van der Waals surface area contributed by atoms with E-state index in [1.54, 1.807) is 12.3 Å². The monoisotopic (exact) mass is 279 g/mol. The second-order valence-electron chi connectivity index (χ2n) is 5.70. The zero-order valence-electron chi connectivity index (χ0n) is 12.0. The van der Waals surface area contributed by atoms with Crippen LogP contribution >= 0.6 is 0 Å². The average molecular weight is 279 g/mol. The van der Waals surface area contributed by atoms with Gasteiger partial charge >= 0.3 is 5.97 Å². The normalized spacial score (nSPS) is 15.9. The van der Waals surface area contributed by atoms with Gasteiger partial charge < -0.3 is 10.0 Å². The van der Waals surface area contributed by atoms with Crippen LogP contribution in [0, 0.1) is 5.41 Å². The van der Waals surface area contributed by atoms with E-state index in [-0.39, 0.29) is 17.4 Å². The van der Waals surface area contributed by atoms with Crippen LogP contribution in [0.1, 0.15) is 32.6 Å². The van der Waals surface area contributed by atoms with Gasteiger partial charge in [-0.1, -0.05) is 6.92 Å². The largest absolute Gasteiger partial charge is 0.481 e. The molecule has 0 radical (unpaired) electrons. The highest BCUT2D eigenvalue weighted by Gasteiger charge is 2.45. The van der Waals surface area contributed by atoms with Gasteiger partial charge in [0.25, 0.3) is 5.56 Å². The Morgan fingerprint density at radius 3 is 2.75 bits per heavy atom. The molecule has 110 valence electrons. The second kappa shape index (κ2) is 5.64. The molecule has 0 aromatic carbocycles. The van der Waals surface area contributed by atoms with Crippen molar-refractivity contribution in [1.29, 1.82) is 0 Å². The van der Waals surface area contributed by atoms with Crippen molar-refractivity contribution in [2.45, 2.75) is 39.2 Å². The van der Waals surface area contributed by atoms with Crippen LogP contribution in [-0.2, 0) is 11.3 Å². The lowest BCUT2D eigenvalue weighted by atomic mass is 10.0. The third kappa shape index (κ3) is 3.37. The fourth-order valence-corrected chi connectivity index (χ4v) is 2.42. The highest BCUT2D eigenvalue weighted by Crippen LogP contribution is 2.49. The molecule has 1 aliphatic rings. The molecule has 0 saturated heterocycles. The molecule has 2 rings (SSSR count). The molecule has 0 bridgehead atoms. The molecule has 0 unspecified atom stereocenters. The van der Waals surface area contributed by atoms with Gasteiger partial charge in [0.1, 0.15) is 0 Å². The van der Waals surface area contributed by atoms with Gasteiger partial charge in [0.2, 0.25) is 0 Å². The number of aromatic nitrogens is 2. The van der Waals surface area contributed by atoms with Crippen molar-refractivity contribution in [2.75, 3.05) is 18.5 Å². The number of anilines is 1. The fraction of sp³-hybridized carbons (Fsp3) is 0.643. The number of carboxylic acid groups (broad SMARTS) is 1. The summed E-state index contributed by atoms with van der Waals surface area (Å²) in [6.45, 7) is 3.35. The topological polar surface area (TPSA) is 75.4 Å². The Labute approximate surface area is 118 Å². The molecule has 20 heavy (non-hydrogen) atoms. The van der Waals surface area contributed by atoms with Gasteiger partial charge in [-0.25, -0.2) is 4.68 Å². The van der Waals surface area contributed by atoms with Crippen molar-refractivity contribution in [3.05, 3.63) is 22.6 Å². The van der Waals surface area contributed by atoms with Crippen LogP contribution in [-0.4, -0.2) is 34.4 Å². The molecule has 1 aromatic heterocycles. The Hall–Kier alpha value is -1.85. The quantitative estimate of drug-likeness (QED) is 0.815. The lowest BCUT2D eigenvalue weighted by Crippen LogP contribution is -2.29. The van der Waals surface area contributed by atoms with Crippen LogP contribution < -0.4 is 10.5 Å². The molecular formula is C14H21N3O3. The SMILES string of the molecule is CCCN(C)c1cnn(CC2(CC(=O)O)CC2)c(=O)c1. The lowest BCUT2D eigenvalue weighted by molar-refractivity contribution is -0.138. The molecule has 1 saturated carbocycles. The third-order valence-electron chi connectivity index (χ3n) is 3.82. The number of hydrogen-bond acceptors (Lipinski definition) is 4. The number of aliphatic carboxylic acids is 1. The summed E-state index contributed by atoms with van der Waals surface area (Å²) in [6, 6.07) is 1.57. The van der Waals surface area contributed by atoms with Crippen LogP contribution in [0.4, 0.5) is 5.69 Å². The number of nitrogens with zero attached hydrogens (tertiary/aromatic N) is 3.